The van der Waals surface area contributed by atoms with Crippen LogP contribution in [-0.4, -0.2) is 37.8 Å². The maximum Gasteiger partial charge on any atom is 0.222 e. The number of nitrogen functional groups attached to an aromatic ring is 1. The molecule has 0 radical (unpaired) electrons. The van der Waals surface area contributed by atoms with Crippen molar-refractivity contribution < 1.29 is 9.84 Å². The molecule has 2 aromatic rings. The molecule has 0 aromatic carbocycles. The molecule has 0 saturated heterocycles. The van der Waals surface area contributed by atoms with Gasteiger partial charge in [0.25, 0.3) is 0 Å². The number of nitrogens with zero attached hydrogens (tertiary/aromatic N) is 4. The van der Waals surface area contributed by atoms with E-state index in [2.05, 4.69) is 15.0 Å². The van der Waals surface area contributed by atoms with Crippen LogP contribution in [0.4, 0.5) is 5.95 Å². The van der Waals surface area contributed by atoms with Crippen molar-refractivity contribution in [2.24, 2.45) is 0 Å². The van der Waals surface area contributed by atoms with Crippen LogP contribution >= 0.6 is 0 Å². The molecular formula is C8H11N5O2. The Labute approximate surface area is 85.5 Å². The van der Waals surface area contributed by atoms with Crippen LogP contribution in [0, 0.1) is 0 Å². The van der Waals surface area contributed by atoms with Gasteiger partial charge in [-0.1, -0.05) is 0 Å². The molecule has 2 rings (SSSR count). The van der Waals surface area contributed by atoms with Gasteiger partial charge in [0.2, 0.25) is 5.95 Å². The molecule has 2 aromatic heterocycles. The molecule has 15 heavy (non-hydrogen) atoms. The Kier molecular flexibility index (Phi) is 2.75. The van der Waals surface area contributed by atoms with Crippen molar-refractivity contribution in [3.63, 3.8) is 0 Å². The number of aromatic nitrogens is 4. The highest BCUT2D eigenvalue weighted by Gasteiger charge is 2.04. The van der Waals surface area contributed by atoms with E-state index in [1.807, 2.05) is 0 Å². The van der Waals surface area contributed by atoms with Gasteiger partial charge in [-0.2, -0.15) is 4.98 Å². The first kappa shape index (κ1) is 9.81. The molecule has 0 atom stereocenters. The normalized spacial score (nSPS) is 11.0. The molecule has 0 aliphatic carbocycles. The first-order chi connectivity index (χ1) is 7.31. The zero-order chi connectivity index (χ0) is 10.7. The number of fused-ring (bicyclic) bond motifs is 1. The van der Waals surface area contributed by atoms with Crippen molar-refractivity contribution in [2.75, 3.05) is 18.9 Å². The second-order valence-electron chi connectivity index (χ2n) is 2.91. The molecule has 7 nitrogen and oxygen atoms in total. The molecule has 0 amide bonds. The Bertz CT molecular complexity index is 455. The van der Waals surface area contributed by atoms with Crippen LogP contribution < -0.4 is 5.73 Å². The van der Waals surface area contributed by atoms with Crippen molar-refractivity contribution in [1.82, 2.24) is 19.5 Å². The molecule has 0 bridgehead atoms. The summed E-state index contributed by atoms with van der Waals surface area (Å²) in [6.45, 7) is 0.593. The number of nitrogens with two attached hydrogens (primary N) is 1. The highest BCUT2D eigenvalue weighted by Crippen LogP contribution is 2.09. The third-order valence-electron chi connectivity index (χ3n) is 1.86. The minimum Gasteiger partial charge on any atom is -0.394 e. The lowest BCUT2D eigenvalue weighted by Gasteiger charge is -2.03. The number of hydrogen-bond donors (Lipinski definition) is 2. The van der Waals surface area contributed by atoms with Crippen molar-refractivity contribution in [1.29, 1.82) is 0 Å². The molecule has 80 valence electrons. The summed E-state index contributed by atoms with van der Waals surface area (Å²) < 4.78 is 6.89. The fraction of sp³-hybridized carbons (Fsp3) is 0.375. The van der Waals surface area contributed by atoms with Crippen LogP contribution in [0.2, 0.25) is 0 Å². The van der Waals surface area contributed by atoms with Crippen LogP contribution in [0.25, 0.3) is 11.2 Å². The summed E-state index contributed by atoms with van der Waals surface area (Å²) in [5.74, 6) is 0.198. The van der Waals surface area contributed by atoms with Gasteiger partial charge in [0.05, 0.1) is 25.7 Å². The van der Waals surface area contributed by atoms with Gasteiger partial charge in [-0.3, -0.25) is 0 Å². The predicted molar refractivity (Wildman–Crippen MR) is 52.8 cm³/mol. The van der Waals surface area contributed by atoms with Crippen LogP contribution in [0.1, 0.15) is 0 Å². The van der Waals surface area contributed by atoms with E-state index < -0.39 is 0 Å². The largest absolute Gasteiger partial charge is 0.394 e. The number of hydrogen-bond acceptors (Lipinski definition) is 6. The predicted octanol–water partition coefficient (Wildman–Crippen LogP) is -0.625. The van der Waals surface area contributed by atoms with Gasteiger partial charge in [0.15, 0.2) is 5.65 Å². The molecule has 7 heteroatoms. The summed E-state index contributed by atoms with van der Waals surface area (Å²) >= 11 is 0. The molecule has 2 heterocycles. The number of ether oxygens (including phenoxy) is 1. The fourth-order valence-corrected chi connectivity index (χ4v) is 1.19. The van der Waals surface area contributed by atoms with Crippen molar-refractivity contribution >= 4 is 17.1 Å². The summed E-state index contributed by atoms with van der Waals surface area (Å²) in [7, 11) is 0. The second-order valence-corrected chi connectivity index (χ2v) is 2.91. The molecule has 0 fully saturated rings. The minimum absolute atomic E-state index is 0.00389. The van der Waals surface area contributed by atoms with E-state index in [9.17, 15) is 0 Å². The summed E-state index contributed by atoms with van der Waals surface area (Å²) in [5.41, 5.74) is 6.71. The third kappa shape index (κ3) is 2.03. The van der Waals surface area contributed by atoms with Crippen molar-refractivity contribution in [2.45, 2.75) is 6.73 Å². The Morgan fingerprint density at radius 1 is 1.47 bits per heavy atom. The van der Waals surface area contributed by atoms with Crippen LogP contribution in [0.3, 0.4) is 0 Å². The second kappa shape index (κ2) is 4.20. The van der Waals surface area contributed by atoms with E-state index in [1.165, 1.54) is 0 Å². The molecule has 0 unspecified atom stereocenters. The molecule has 0 aliphatic rings. The smallest absolute Gasteiger partial charge is 0.222 e. The van der Waals surface area contributed by atoms with E-state index in [0.717, 1.165) is 5.52 Å². The lowest BCUT2D eigenvalue weighted by atomic mass is 10.5. The zero-order valence-corrected chi connectivity index (χ0v) is 8.00. The SMILES string of the molecule is Nc1ncc2c(ncn2COCCO)n1. The topological polar surface area (TPSA) is 99.1 Å². The van der Waals surface area contributed by atoms with Gasteiger partial charge in [-0.15, -0.1) is 0 Å². The van der Waals surface area contributed by atoms with E-state index in [1.54, 1.807) is 17.1 Å². The lowest BCUT2D eigenvalue weighted by Crippen LogP contribution is -2.05. The average Bonchev–Trinajstić information content (AvgIpc) is 2.61. The monoisotopic (exact) mass is 209 g/mol. The van der Waals surface area contributed by atoms with Gasteiger partial charge in [-0.25, -0.2) is 9.97 Å². The summed E-state index contributed by atoms with van der Waals surface area (Å²) in [6, 6.07) is 0. The first-order valence-electron chi connectivity index (χ1n) is 4.43. The van der Waals surface area contributed by atoms with Gasteiger partial charge in [-0.05, 0) is 0 Å². The van der Waals surface area contributed by atoms with Gasteiger partial charge < -0.3 is 20.1 Å². The van der Waals surface area contributed by atoms with E-state index in [0.29, 0.717) is 12.4 Å². The lowest BCUT2D eigenvalue weighted by molar-refractivity contribution is 0.0501. The number of imidazole rings is 1. The minimum atomic E-state index is -0.00389. The number of rotatable bonds is 4. The molecular weight excluding hydrogens is 198 g/mol. The maximum atomic E-state index is 8.55. The Hall–Kier alpha value is -1.73. The van der Waals surface area contributed by atoms with E-state index in [4.69, 9.17) is 15.6 Å². The molecule has 3 N–H and O–H groups in total. The number of aliphatic hydroxyl groups excluding tert-OH is 1. The van der Waals surface area contributed by atoms with Crippen molar-refractivity contribution in [3.05, 3.63) is 12.5 Å². The van der Waals surface area contributed by atoms with Crippen LogP contribution in [0.5, 0.6) is 0 Å². The Morgan fingerprint density at radius 3 is 3.13 bits per heavy atom. The van der Waals surface area contributed by atoms with Gasteiger partial charge in [0, 0.05) is 0 Å². The van der Waals surface area contributed by atoms with E-state index in [-0.39, 0.29) is 19.2 Å². The average molecular weight is 209 g/mol. The van der Waals surface area contributed by atoms with Crippen molar-refractivity contribution in [3.8, 4) is 0 Å². The summed E-state index contributed by atoms with van der Waals surface area (Å²) in [6.07, 6.45) is 3.18. The summed E-state index contributed by atoms with van der Waals surface area (Å²) in [5, 5.41) is 8.55. The molecule has 0 aliphatic heterocycles. The first-order valence-corrected chi connectivity index (χ1v) is 4.43. The number of anilines is 1. The van der Waals surface area contributed by atoms with Crippen LogP contribution in [-0.2, 0) is 11.5 Å². The molecule has 0 saturated carbocycles. The van der Waals surface area contributed by atoms with Gasteiger partial charge in [0.1, 0.15) is 12.2 Å². The Balaban J connectivity index is 2.21. The summed E-state index contributed by atoms with van der Waals surface area (Å²) in [4.78, 5) is 11.9. The standard InChI is InChI=1S/C8H11N5O2/c9-8-10-3-6-7(12-8)11-4-13(6)5-15-2-1-14/h3-4,14H,1-2,5H2,(H2,9,10,12). The van der Waals surface area contributed by atoms with Crippen LogP contribution in [0.15, 0.2) is 12.5 Å². The number of aliphatic hydroxyl groups is 1. The highest BCUT2D eigenvalue weighted by atomic mass is 16.5. The third-order valence-corrected chi connectivity index (χ3v) is 1.86. The highest BCUT2D eigenvalue weighted by molar-refractivity contribution is 5.70. The van der Waals surface area contributed by atoms with Gasteiger partial charge >= 0.3 is 0 Å². The quantitative estimate of drug-likeness (QED) is 0.651. The zero-order valence-electron chi connectivity index (χ0n) is 8.00. The van der Waals surface area contributed by atoms with E-state index >= 15 is 0 Å². The fourth-order valence-electron chi connectivity index (χ4n) is 1.19. The Morgan fingerprint density at radius 2 is 2.33 bits per heavy atom. The maximum absolute atomic E-state index is 8.55. The molecule has 0 spiro atoms.